The molecule has 0 spiro atoms. The van der Waals surface area contributed by atoms with Gasteiger partial charge in [0.25, 0.3) is 5.91 Å². The molecule has 1 aromatic carbocycles. The van der Waals surface area contributed by atoms with Crippen LogP contribution in [0.1, 0.15) is 6.92 Å². The summed E-state index contributed by atoms with van der Waals surface area (Å²) in [5, 5.41) is 47.2. The number of rotatable bonds is 7. The van der Waals surface area contributed by atoms with Gasteiger partial charge in [0.05, 0.1) is 11.8 Å². The predicted octanol–water partition coefficient (Wildman–Crippen LogP) is -2.05. The Hall–Kier alpha value is -1.71. The number of carbonyl (C=O) groups excluding carboxylic acids is 1. The number of nitrogens with one attached hydrogen (secondary N) is 2. The molecule has 0 heterocycles. The highest BCUT2D eigenvalue weighted by Crippen LogP contribution is 2.09. The van der Waals surface area contributed by atoms with Crippen LogP contribution in [0.15, 0.2) is 30.3 Å². The number of hydrogen-bond acceptors (Lipinski definition) is 7. The molecule has 8 nitrogen and oxygen atoms in total. The van der Waals surface area contributed by atoms with Crippen molar-refractivity contribution < 1.29 is 30.3 Å². The summed E-state index contributed by atoms with van der Waals surface area (Å²) in [6.45, 7) is 1.20. The summed E-state index contributed by atoms with van der Waals surface area (Å²) in [5.41, 5.74) is 5.21. The first kappa shape index (κ1) is 17.3. The Morgan fingerprint density at radius 3 is 2.05 bits per heavy atom. The van der Waals surface area contributed by atoms with Crippen LogP contribution < -0.4 is 10.9 Å². The molecule has 0 unspecified atom stereocenters. The maximum absolute atomic E-state index is 11.6. The molecule has 21 heavy (non-hydrogen) atoms. The standard InChI is InChI=1S/C13H20N2O6/c1-7(16)9(17)10(18)11(19)12(20)13(21)15-14-8-5-3-2-4-6-8/h2-7,9-12,14,16-20H,1H3,(H,15,21)/t7-,9+,10+,11+,12+/m1/s1. The summed E-state index contributed by atoms with van der Waals surface area (Å²) in [4.78, 5) is 11.6. The Labute approximate surface area is 121 Å². The first-order valence-electron chi connectivity index (χ1n) is 6.36. The zero-order valence-corrected chi connectivity index (χ0v) is 11.4. The minimum absolute atomic E-state index is 0.553. The van der Waals surface area contributed by atoms with Crippen molar-refractivity contribution in [2.75, 3.05) is 5.43 Å². The monoisotopic (exact) mass is 300 g/mol. The normalized spacial score (nSPS) is 18.2. The molecular weight excluding hydrogens is 280 g/mol. The number of amides is 1. The lowest BCUT2D eigenvalue weighted by Gasteiger charge is -2.27. The zero-order chi connectivity index (χ0) is 16.0. The van der Waals surface area contributed by atoms with Gasteiger partial charge in [-0.1, -0.05) is 18.2 Å². The van der Waals surface area contributed by atoms with Crippen LogP contribution in [0.5, 0.6) is 0 Å². The number of hydrazine groups is 1. The molecule has 0 bridgehead atoms. The molecule has 8 heteroatoms. The van der Waals surface area contributed by atoms with Gasteiger partial charge < -0.3 is 25.5 Å². The number of para-hydroxylation sites is 1. The Morgan fingerprint density at radius 2 is 1.52 bits per heavy atom. The molecule has 118 valence electrons. The van der Waals surface area contributed by atoms with Crippen LogP contribution in [0.25, 0.3) is 0 Å². The minimum Gasteiger partial charge on any atom is -0.391 e. The molecule has 0 saturated carbocycles. The van der Waals surface area contributed by atoms with Crippen molar-refractivity contribution in [3.8, 4) is 0 Å². The van der Waals surface area contributed by atoms with Crippen LogP contribution in [0.2, 0.25) is 0 Å². The summed E-state index contributed by atoms with van der Waals surface area (Å²) in [5.74, 6) is -0.997. The maximum atomic E-state index is 11.6. The highest BCUT2D eigenvalue weighted by atomic mass is 16.4. The van der Waals surface area contributed by atoms with Gasteiger partial charge in [-0.15, -0.1) is 0 Å². The summed E-state index contributed by atoms with van der Waals surface area (Å²) in [6.07, 6.45) is -8.82. The van der Waals surface area contributed by atoms with Gasteiger partial charge in [0.15, 0.2) is 6.10 Å². The average molecular weight is 300 g/mol. The van der Waals surface area contributed by atoms with Crippen LogP contribution in [0, 0.1) is 0 Å². The van der Waals surface area contributed by atoms with Crippen molar-refractivity contribution in [3.63, 3.8) is 0 Å². The average Bonchev–Trinajstić information content (AvgIpc) is 2.50. The van der Waals surface area contributed by atoms with Gasteiger partial charge in [0.1, 0.15) is 18.3 Å². The molecule has 1 aromatic rings. The summed E-state index contributed by atoms with van der Waals surface area (Å²) in [7, 11) is 0. The van der Waals surface area contributed by atoms with E-state index in [1.54, 1.807) is 30.3 Å². The molecule has 5 atom stereocenters. The largest absolute Gasteiger partial charge is 0.391 e. The van der Waals surface area contributed by atoms with E-state index < -0.39 is 36.4 Å². The van der Waals surface area contributed by atoms with Crippen molar-refractivity contribution in [3.05, 3.63) is 30.3 Å². The molecule has 0 aliphatic heterocycles. The summed E-state index contributed by atoms with van der Waals surface area (Å²) in [6, 6.07) is 8.55. The Kier molecular flexibility index (Phi) is 6.53. The lowest BCUT2D eigenvalue weighted by Crippen LogP contribution is -2.53. The Morgan fingerprint density at radius 1 is 0.952 bits per heavy atom. The van der Waals surface area contributed by atoms with Gasteiger partial charge in [0.2, 0.25) is 0 Å². The maximum Gasteiger partial charge on any atom is 0.269 e. The number of hydrogen-bond donors (Lipinski definition) is 7. The summed E-state index contributed by atoms with van der Waals surface area (Å²) >= 11 is 0. The molecule has 0 aliphatic carbocycles. The third-order valence-corrected chi connectivity index (χ3v) is 2.89. The fraction of sp³-hybridized carbons (Fsp3) is 0.462. The third kappa shape index (κ3) is 4.96. The first-order chi connectivity index (χ1) is 9.84. The van der Waals surface area contributed by atoms with Crippen molar-refractivity contribution in [2.45, 2.75) is 37.4 Å². The molecule has 0 radical (unpaired) electrons. The molecule has 1 rings (SSSR count). The van der Waals surface area contributed by atoms with Crippen LogP contribution >= 0.6 is 0 Å². The molecule has 0 aliphatic rings. The molecule has 0 fully saturated rings. The van der Waals surface area contributed by atoms with Crippen LogP contribution in [-0.4, -0.2) is 62.0 Å². The van der Waals surface area contributed by atoms with Gasteiger partial charge in [-0.2, -0.15) is 0 Å². The zero-order valence-electron chi connectivity index (χ0n) is 11.4. The van der Waals surface area contributed by atoms with E-state index in [0.717, 1.165) is 0 Å². The van der Waals surface area contributed by atoms with E-state index in [1.807, 2.05) is 0 Å². The number of carbonyl (C=O) groups is 1. The third-order valence-electron chi connectivity index (χ3n) is 2.89. The molecule has 0 saturated heterocycles. The van der Waals surface area contributed by atoms with Crippen molar-refractivity contribution in [1.29, 1.82) is 0 Å². The smallest absolute Gasteiger partial charge is 0.269 e. The second kappa shape index (κ2) is 7.91. The topological polar surface area (TPSA) is 142 Å². The lowest BCUT2D eigenvalue weighted by molar-refractivity contribution is -0.153. The fourth-order valence-corrected chi connectivity index (χ4v) is 1.56. The predicted molar refractivity (Wildman–Crippen MR) is 73.9 cm³/mol. The minimum atomic E-state index is -1.98. The van der Waals surface area contributed by atoms with Gasteiger partial charge in [-0.3, -0.25) is 15.6 Å². The highest BCUT2D eigenvalue weighted by Gasteiger charge is 2.36. The first-order valence-corrected chi connectivity index (χ1v) is 6.36. The molecular formula is C13H20N2O6. The second-order valence-corrected chi connectivity index (χ2v) is 4.64. The Balaban J connectivity index is 2.53. The van der Waals surface area contributed by atoms with Crippen LogP contribution in [0.3, 0.4) is 0 Å². The SMILES string of the molecule is C[C@@H](O)[C@H](O)[C@H](O)[C@H](O)[C@H](O)C(=O)NNc1ccccc1. The van der Waals surface area contributed by atoms with Crippen molar-refractivity contribution in [1.82, 2.24) is 5.43 Å². The van der Waals surface area contributed by atoms with Crippen LogP contribution in [0.4, 0.5) is 5.69 Å². The lowest BCUT2D eigenvalue weighted by atomic mass is 9.99. The quantitative estimate of drug-likeness (QED) is 0.287. The van der Waals surface area contributed by atoms with E-state index in [4.69, 9.17) is 5.11 Å². The second-order valence-electron chi connectivity index (χ2n) is 4.64. The number of anilines is 1. The van der Waals surface area contributed by atoms with E-state index in [-0.39, 0.29) is 0 Å². The Bertz CT molecular complexity index is 442. The van der Waals surface area contributed by atoms with Crippen LogP contribution in [-0.2, 0) is 4.79 Å². The highest BCUT2D eigenvalue weighted by molar-refractivity contribution is 5.82. The molecule has 0 aromatic heterocycles. The molecule has 7 N–H and O–H groups in total. The van der Waals surface area contributed by atoms with Gasteiger partial charge in [0, 0.05) is 0 Å². The summed E-state index contributed by atoms with van der Waals surface area (Å²) < 4.78 is 0. The van der Waals surface area contributed by atoms with Gasteiger partial charge >= 0.3 is 0 Å². The number of benzene rings is 1. The van der Waals surface area contributed by atoms with E-state index in [2.05, 4.69) is 10.9 Å². The van der Waals surface area contributed by atoms with Gasteiger partial charge in [-0.05, 0) is 19.1 Å². The van der Waals surface area contributed by atoms with Gasteiger partial charge in [-0.25, -0.2) is 0 Å². The fourth-order valence-electron chi connectivity index (χ4n) is 1.56. The van der Waals surface area contributed by atoms with Crippen molar-refractivity contribution >= 4 is 11.6 Å². The van der Waals surface area contributed by atoms with E-state index in [1.165, 1.54) is 6.92 Å². The van der Waals surface area contributed by atoms with E-state index in [9.17, 15) is 25.2 Å². The van der Waals surface area contributed by atoms with E-state index >= 15 is 0 Å². The number of aliphatic hydroxyl groups is 5. The van der Waals surface area contributed by atoms with Crippen molar-refractivity contribution in [2.24, 2.45) is 0 Å². The number of aliphatic hydroxyl groups excluding tert-OH is 5. The van der Waals surface area contributed by atoms with E-state index in [0.29, 0.717) is 5.69 Å². The molecule has 1 amide bonds.